The largest absolute Gasteiger partial charge is 0.369 e. The zero-order chi connectivity index (χ0) is 20.9. The fourth-order valence-corrected chi connectivity index (χ4v) is 3.88. The Labute approximate surface area is 177 Å². The molecule has 0 unspecified atom stereocenters. The van der Waals surface area contributed by atoms with Crippen LogP contribution in [0.1, 0.15) is 22.6 Å². The molecule has 30 heavy (non-hydrogen) atoms. The van der Waals surface area contributed by atoms with Crippen LogP contribution in [-0.4, -0.2) is 42.1 Å². The first-order chi connectivity index (χ1) is 14.6. The van der Waals surface area contributed by atoms with Gasteiger partial charge in [0.1, 0.15) is 5.76 Å². The molecule has 1 aliphatic rings. The number of aromatic nitrogens is 1. The summed E-state index contributed by atoms with van der Waals surface area (Å²) in [7, 11) is 0. The molecule has 6 nitrogen and oxygen atoms in total. The van der Waals surface area contributed by atoms with Gasteiger partial charge in [-0.3, -0.25) is 9.69 Å². The number of hydrogen-bond acceptors (Lipinski definition) is 5. The Morgan fingerprint density at radius 3 is 2.33 bits per heavy atom. The summed E-state index contributed by atoms with van der Waals surface area (Å²) in [6, 6.07) is 18.7. The van der Waals surface area contributed by atoms with E-state index in [0.29, 0.717) is 5.76 Å². The third-order valence-corrected chi connectivity index (χ3v) is 5.66. The quantitative estimate of drug-likeness (QED) is 0.677. The van der Waals surface area contributed by atoms with Gasteiger partial charge in [0, 0.05) is 49.7 Å². The standard InChI is InChI=1S/C24H28N4O2/c1-18-23(19(2)30-26-18)16-24(29)25-21-8-10-22(11-9-21)28-14-12-27(13-15-28)17-20-6-4-3-5-7-20/h3-11H,12-17H2,1-2H3,(H,25,29). The van der Waals surface area contributed by atoms with Gasteiger partial charge in [-0.1, -0.05) is 35.5 Å². The molecule has 1 N–H and O–H groups in total. The fraction of sp³-hybridized carbons (Fsp3) is 0.333. The van der Waals surface area contributed by atoms with Gasteiger partial charge in [0.05, 0.1) is 12.1 Å². The first-order valence-corrected chi connectivity index (χ1v) is 10.4. The molecule has 0 radical (unpaired) electrons. The summed E-state index contributed by atoms with van der Waals surface area (Å²) >= 11 is 0. The molecule has 1 saturated heterocycles. The number of aryl methyl sites for hydroxylation is 2. The molecular weight excluding hydrogens is 376 g/mol. The summed E-state index contributed by atoms with van der Waals surface area (Å²) in [6.45, 7) is 8.79. The Bertz CT molecular complexity index is 955. The van der Waals surface area contributed by atoms with Crippen LogP contribution in [-0.2, 0) is 17.8 Å². The molecule has 0 spiro atoms. The second-order valence-corrected chi connectivity index (χ2v) is 7.82. The Kier molecular flexibility index (Phi) is 6.14. The predicted molar refractivity (Wildman–Crippen MR) is 119 cm³/mol. The molecule has 1 fully saturated rings. The molecule has 0 bridgehead atoms. The van der Waals surface area contributed by atoms with Gasteiger partial charge in [0.15, 0.2) is 0 Å². The lowest BCUT2D eigenvalue weighted by Gasteiger charge is -2.36. The first-order valence-electron chi connectivity index (χ1n) is 10.4. The van der Waals surface area contributed by atoms with E-state index in [9.17, 15) is 4.79 Å². The maximum atomic E-state index is 12.4. The maximum Gasteiger partial charge on any atom is 0.228 e. The maximum absolute atomic E-state index is 12.4. The number of anilines is 2. The molecule has 2 heterocycles. The lowest BCUT2D eigenvalue weighted by Crippen LogP contribution is -2.45. The monoisotopic (exact) mass is 404 g/mol. The second-order valence-electron chi connectivity index (χ2n) is 7.82. The molecular formula is C24H28N4O2. The van der Waals surface area contributed by atoms with Gasteiger partial charge < -0.3 is 14.7 Å². The molecule has 4 rings (SSSR count). The van der Waals surface area contributed by atoms with Gasteiger partial charge in [0.2, 0.25) is 5.91 Å². The predicted octanol–water partition coefficient (Wildman–Crippen LogP) is 3.79. The van der Waals surface area contributed by atoms with Crippen molar-refractivity contribution in [2.24, 2.45) is 0 Å². The summed E-state index contributed by atoms with van der Waals surface area (Å²) in [4.78, 5) is 17.3. The number of nitrogens with one attached hydrogen (secondary N) is 1. The Balaban J connectivity index is 1.28. The van der Waals surface area contributed by atoms with Crippen molar-refractivity contribution in [3.05, 3.63) is 77.2 Å². The number of rotatable bonds is 6. The highest BCUT2D eigenvalue weighted by atomic mass is 16.5. The van der Waals surface area contributed by atoms with E-state index in [1.807, 2.05) is 26.0 Å². The molecule has 1 amide bonds. The minimum atomic E-state index is -0.0633. The van der Waals surface area contributed by atoms with Gasteiger partial charge in [-0.15, -0.1) is 0 Å². The summed E-state index contributed by atoms with van der Waals surface area (Å²) in [5.41, 5.74) is 4.99. The van der Waals surface area contributed by atoms with E-state index in [-0.39, 0.29) is 12.3 Å². The minimum Gasteiger partial charge on any atom is -0.369 e. The van der Waals surface area contributed by atoms with Crippen LogP contribution in [0.4, 0.5) is 11.4 Å². The fourth-order valence-electron chi connectivity index (χ4n) is 3.88. The van der Waals surface area contributed by atoms with Gasteiger partial charge in [-0.25, -0.2) is 0 Å². The Hall–Kier alpha value is -3.12. The van der Waals surface area contributed by atoms with Gasteiger partial charge >= 0.3 is 0 Å². The van der Waals surface area contributed by atoms with Crippen molar-refractivity contribution < 1.29 is 9.32 Å². The molecule has 156 valence electrons. The number of piperazine rings is 1. The topological polar surface area (TPSA) is 61.6 Å². The Morgan fingerprint density at radius 2 is 1.70 bits per heavy atom. The first kappa shape index (κ1) is 20.2. The van der Waals surface area contributed by atoms with E-state index in [1.54, 1.807) is 0 Å². The summed E-state index contributed by atoms with van der Waals surface area (Å²) in [5, 5.41) is 6.87. The number of amides is 1. The highest BCUT2D eigenvalue weighted by Gasteiger charge is 2.18. The van der Waals surface area contributed by atoms with Crippen LogP contribution in [0.3, 0.4) is 0 Å². The number of carbonyl (C=O) groups excluding carboxylic acids is 1. The zero-order valence-electron chi connectivity index (χ0n) is 17.6. The van der Waals surface area contributed by atoms with E-state index >= 15 is 0 Å². The number of carbonyl (C=O) groups is 1. The molecule has 1 aromatic heterocycles. The highest BCUT2D eigenvalue weighted by Crippen LogP contribution is 2.21. The molecule has 6 heteroatoms. The van der Waals surface area contributed by atoms with Crippen LogP contribution in [0.5, 0.6) is 0 Å². The normalized spacial score (nSPS) is 14.7. The van der Waals surface area contributed by atoms with Crippen molar-refractivity contribution in [1.82, 2.24) is 10.1 Å². The van der Waals surface area contributed by atoms with Crippen molar-refractivity contribution in [1.29, 1.82) is 0 Å². The second kappa shape index (κ2) is 9.13. The van der Waals surface area contributed by atoms with Gasteiger partial charge in [-0.2, -0.15) is 0 Å². The van der Waals surface area contributed by atoms with Crippen LogP contribution in [0, 0.1) is 13.8 Å². The van der Waals surface area contributed by atoms with Crippen LogP contribution in [0.15, 0.2) is 59.1 Å². The molecule has 2 aromatic carbocycles. The zero-order valence-corrected chi connectivity index (χ0v) is 17.6. The van der Waals surface area contributed by atoms with Gasteiger partial charge in [-0.05, 0) is 43.7 Å². The van der Waals surface area contributed by atoms with Crippen molar-refractivity contribution in [3.63, 3.8) is 0 Å². The minimum absolute atomic E-state index is 0.0633. The smallest absolute Gasteiger partial charge is 0.228 e. The van der Waals surface area contributed by atoms with Gasteiger partial charge in [0.25, 0.3) is 0 Å². The number of nitrogens with zero attached hydrogens (tertiary/aromatic N) is 3. The molecule has 1 aliphatic heterocycles. The van der Waals surface area contributed by atoms with E-state index < -0.39 is 0 Å². The van der Waals surface area contributed by atoms with Crippen molar-refractivity contribution in [2.75, 3.05) is 36.4 Å². The number of hydrogen-bond donors (Lipinski definition) is 1. The molecule has 0 atom stereocenters. The molecule has 0 aliphatic carbocycles. The summed E-state index contributed by atoms with van der Waals surface area (Å²) < 4.78 is 5.13. The Morgan fingerprint density at radius 1 is 1.00 bits per heavy atom. The van der Waals surface area contributed by atoms with E-state index in [0.717, 1.165) is 49.7 Å². The van der Waals surface area contributed by atoms with Crippen molar-refractivity contribution in [2.45, 2.75) is 26.8 Å². The number of benzene rings is 2. The molecule has 3 aromatic rings. The summed E-state index contributed by atoms with van der Waals surface area (Å²) in [5.74, 6) is 0.635. The average Bonchev–Trinajstić information content (AvgIpc) is 3.08. The highest BCUT2D eigenvalue weighted by molar-refractivity contribution is 5.92. The lowest BCUT2D eigenvalue weighted by atomic mass is 10.1. The molecule has 0 saturated carbocycles. The average molecular weight is 405 g/mol. The van der Waals surface area contributed by atoms with E-state index in [1.165, 1.54) is 11.3 Å². The summed E-state index contributed by atoms with van der Waals surface area (Å²) in [6.07, 6.45) is 0.270. The third-order valence-electron chi connectivity index (χ3n) is 5.66. The van der Waals surface area contributed by atoms with Crippen LogP contribution in [0.25, 0.3) is 0 Å². The van der Waals surface area contributed by atoms with E-state index in [2.05, 4.69) is 62.7 Å². The van der Waals surface area contributed by atoms with Crippen molar-refractivity contribution in [3.8, 4) is 0 Å². The lowest BCUT2D eigenvalue weighted by molar-refractivity contribution is -0.115. The SMILES string of the molecule is Cc1noc(C)c1CC(=O)Nc1ccc(N2CCN(Cc3ccccc3)CC2)cc1. The van der Waals surface area contributed by atoms with E-state index in [4.69, 9.17) is 4.52 Å². The van der Waals surface area contributed by atoms with Crippen molar-refractivity contribution >= 4 is 17.3 Å². The van der Waals surface area contributed by atoms with Crippen LogP contribution in [0.2, 0.25) is 0 Å². The van der Waals surface area contributed by atoms with Crippen LogP contribution < -0.4 is 10.2 Å². The third kappa shape index (κ3) is 4.89. The van der Waals surface area contributed by atoms with Crippen LogP contribution >= 0.6 is 0 Å².